The maximum atomic E-state index is 6.03. The molecular formula is C19H26N6O. The molecule has 3 rings (SSSR count). The number of ether oxygens (including phenoxy) is 1. The predicted octanol–water partition coefficient (Wildman–Crippen LogP) is 3.08. The highest BCUT2D eigenvalue weighted by atomic mass is 16.5. The predicted molar refractivity (Wildman–Crippen MR) is 103 cm³/mol. The zero-order chi connectivity index (χ0) is 18.2. The lowest BCUT2D eigenvalue weighted by Gasteiger charge is -2.17. The van der Waals surface area contributed by atoms with Gasteiger partial charge in [0, 0.05) is 17.6 Å². The van der Waals surface area contributed by atoms with Crippen LogP contribution in [0.5, 0.6) is 5.88 Å². The first-order chi connectivity index (χ1) is 12.8. The van der Waals surface area contributed by atoms with Crippen LogP contribution in [0.2, 0.25) is 0 Å². The minimum Gasteiger partial charge on any atom is -0.476 e. The minimum atomic E-state index is 0.575. The second-order valence-corrected chi connectivity index (χ2v) is 6.36. The molecule has 0 unspecified atom stereocenters. The quantitative estimate of drug-likeness (QED) is 0.545. The van der Waals surface area contributed by atoms with Gasteiger partial charge in [0.05, 0.1) is 12.9 Å². The number of hydrogen-bond donors (Lipinski definition) is 2. The number of fused-ring (bicyclic) bond motifs is 1. The van der Waals surface area contributed by atoms with Crippen molar-refractivity contribution in [3.8, 4) is 5.88 Å². The molecule has 26 heavy (non-hydrogen) atoms. The first-order valence-corrected chi connectivity index (χ1v) is 9.06. The Morgan fingerprint density at radius 2 is 2.15 bits per heavy atom. The molecule has 0 atom stereocenters. The molecule has 0 saturated heterocycles. The van der Waals surface area contributed by atoms with Gasteiger partial charge in [0.2, 0.25) is 5.88 Å². The number of benzene rings is 1. The van der Waals surface area contributed by atoms with E-state index in [1.165, 1.54) is 5.39 Å². The zero-order valence-electron chi connectivity index (χ0n) is 15.4. The number of aromatic amines is 1. The lowest BCUT2D eigenvalue weighted by molar-refractivity contribution is 0.241. The highest BCUT2D eigenvalue weighted by Gasteiger charge is 2.08. The van der Waals surface area contributed by atoms with Crippen LogP contribution in [0.4, 0.5) is 5.82 Å². The average Bonchev–Trinajstić information content (AvgIpc) is 3.18. The number of unbranched alkanes of at least 4 members (excludes halogenated alkanes) is 1. The lowest BCUT2D eigenvalue weighted by atomic mass is 10.1. The van der Waals surface area contributed by atoms with Gasteiger partial charge in [-0.3, -0.25) is 4.90 Å². The summed E-state index contributed by atoms with van der Waals surface area (Å²) in [5.74, 6) is 1.46. The number of likely N-dealkylation sites (N-methyl/N-ethyl adjacent to an activating group) is 1. The second kappa shape index (κ2) is 9.15. The van der Waals surface area contributed by atoms with Gasteiger partial charge in [-0.1, -0.05) is 31.5 Å². The third-order valence-electron chi connectivity index (χ3n) is 4.20. The molecule has 2 N–H and O–H groups in total. The minimum absolute atomic E-state index is 0.575. The highest BCUT2D eigenvalue weighted by Crippen LogP contribution is 2.25. The maximum Gasteiger partial charge on any atom is 0.221 e. The van der Waals surface area contributed by atoms with E-state index in [0.29, 0.717) is 13.3 Å². The van der Waals surface area contributed by atoms with E-state index in [0.717, 1.165) is 48.6 Å². The molecule has 0 aliphatic carbocycles. The Labute approximate surface area is 153 Å². The smallest absolute Gasteiger partial charge is 0.221 e. The molecular weight excluding hydrogens is 328 g/mol. The van der Waals surface area contributed by atoms with Gasteiger partial charge in [-0.15, -0.1) is 5.10 Å². The van der Waals surface area contributed by atoms with Gasteiger partial charge >= 0.3 is 0 Å². The van der Waals surface area contributed by atoms with E-state index in [4.69, 9.17) is 9.72 Å². The molecule has 0 amide bonds. The van der Waals surface area contributed by atoms with Gasteiger partial charge < -0.3 is 10.1 Å². The van der Waals surface area contributed by atoms with Gasteiger partial charge in [0.25, 0.3) is 0 Å². The number of aryl methyl sites for hydroxylation is 1. The topological polar surface area (TPSA) is 79.0 Å². The number of nitrogens with zero attached hydrogens (tertiary/aromatic N) is 4. The molecule has 0 fully saturated rings. The van der Waals surface area contributed by atoms with Gasteiger partial charge in [-0.25, -0.2) is 4.98 Å². The fourth-order valence-electron chi connectivity index (χ4n) is 2.70. The van der Waals surface area contributed by atoms with Crippen molar-refractivity contribution in [2.75, 3.05) is 32.2 Å². The molecule has 0 radical (unpaired) electrons. The summed E-state index contributed by atoms with van der Waals surface area (Å²) in [5, 5.41) is 15.8. The van der Waals surface area contributed by atoms with Crippen LogP contribution in [-0.4, -0.2) is 52.2 Å². The number of rotatable bonds is 10. The van der Waals surface area contributed by atoms with Crippen LogP contribution in [0.15, 0.2) is 36.5 Å². The third kappa shape index (κ3) is 4.92. The van der Waals surface area contributed by atoms with E-state index < -0.39 is 0 Å². The summed E-state index contributed by atoms with van der Waals surface area (Å²) in [7, 11) is 2.03. The van der Waals surface area contributed by atoms with Crippen LogP contribution < -0.4 is 10.1 Å². The van der Waals surface area contributed by atoms with Crippen molar-refractivity contribution in [3.63, 3.8) is 0 Å². The van der Waals surface area contributed by atoms with Crippen LogP contribution in [0.1, 0.15) is 25.5 Å². The summed E-state index contributed by atoms with van der Waals surface area (Å²) in [6.07, 6.45) is 4.94. The maximum absolute atomic E-state index is 6.03. The molecule has 0 saturated carbocycles. The molecule has 7 nitrogen and oxygen atoms in total. The lowest BCUT2D eigenvalue weighted by Crippen LogP contribution is -2.29. The van der Waals surface area contributed by atoms with Gasteiger partial charge in [0.15, 0.2) is 5.82 Å². The first kappa shape index (κ1) is 18.1. The van der Waals surface area contributed by atoms with Crippen molar-refractivity contribution in [1.29, 1.82) is 0 Å². The number of anilines is 1. The normalized spacial score (nSPS) is 11.2. The molecule has 0 aliphatic rings. The Hall–Kier alpha value is -2.67. The summed E-state index contributed by atoms with van der Waals surface area (Å²) in [5.41, 5.74) is 1.10. The Kier molecular flexibility index (Phi) is 6.38. The molecule has 138 valence electrons. The number of nitrogens with one attached hydrogen (secondary N) is 2. The first-order valence-electron chi connectivity index (χ1n) is 9.06. The summed E-state index contributed by atoms with van der Waals surface area (Å²) in [6.45, 7) is 4.22. The van der Waals surface area contributed by atoms with E-state index in [1.807, 2.05) is 13.1 Å². The van der Waals surface area contributed by atoms with Crippen molar-refractivity contribution >= 4 is 16.6 Å². The molecule has 0 bridgehead atoms. The Morgan fingerprint density at radius 1 is 1.27 bits per heavy atom. The largest absolute Gasteiger partial charge is 0.476 e. The van der Waals surface area contributed by atoms with Crippen molar-refractivity contribution < 1.29 is 4.74 Å². The molecule has 2 aromatic heterocycles. The van der Waals surface area contributed by atoms with Gasteiger partial charge in [0.1, 0.15) is 6.61 Å². The third-order valence-corrected chi connectivity index (χ3v) is 4.20. The Morgan fingerprint density at radius 3 is 2.96 bits per heavy atom. The molecule has 7 heteroatoms. The zero-order valence-corrected chi connectivity index (χ0v) is 15.4. The number of pyridine rings is 1. The monoisotopic (exact) mass is 354 g/mol. The number of H-pyrrole nitrogens is 1. The summed E-state index contributed by atoms with van der Waals surface area (Å²) in [4.78, 5) is 6.87. The average molecular weight is 354 g/mol. The summed E-state index contributed by atoms with van der Waals surface area (Å²) >= 11 is 0. The van der Waals surface area contributed by atoms with Crippen LogP contribution in [0, 0.1) is 0 Å². The molecule has 0 spiro atoms. The van der Waals surface area contributed by atoms with E-state index >= 15 is 0 Å². The number of aromatic nitrogens is 4. The Bertz CT molecular complexity index is 805. The van der Waals surface area contributed by atoms with Gasteiger partial charge in [-0.2, -0.15) is 10.3 Å². The van der Waals surface area contributed by atoms with Crippen LogP contribution in [0.25, 0.3) is 10.8 Å². The molecule has 1 aromatic carbocycles. The van der Waals surface area contributed by atoms with E-state index in [1.54, 1.807) is 6.20 Å². The van der Waals surface area contributed by atoms with Gasteiger partial charge in [-0.05, 0) is 37.4 Å². The number of hydrogen-bond acceptors (Lipinski definition) is 6. The molecule has 0 aliphatic heterocycles. The van der Waals surface area contributed by atoms with Crippen molar-refractivity contribution in [2.24, 2.45) is 0 Å². The fourth-order valence-corrected chi connectivity index (χ4v) is 2.70. The second-order valence-electron chi connectivity index (χ2n) is 6.36. The van der Waals surface area contributed by atoms with E-state index in [2.05, 4.69) is 56.8 Å². The standard InChI is InChI=1S/C19H26N6O/c1-3-4-8-16-12-15-7-5-6-9-17(15)19(22-16)26-11-10-25(2)14-20-18-13-21-24-23-18/h5-7,9,12-13H,3-4,8,10-11,14H2,1-2H3,(H2,20,21,23,24). The Balaban J connectivity index is 1.58. The van der Waals surface area contributed by atoms with E-state index in [-0.39, 0.29) is 0 Å². The molecule has 3 aromatic rings. The molecule has 2 heterocycles. The fraction of sp³-hybridized carbons (Fsp3) is 0.421. The highest BCUT2D eigenvalue weighted by molar-refractivity contribution is 5.87. The van der Waals surface area contributed by atoms with Crippen molar-refractivity contribution in [1.82, 2.24) is 25.3 Å². The van der Waals surface area contributed by atoms with Crippen molar-refractivity contribution in [2.45, 2.75) is 26.2 Å². The van der Waals surface area contributed by atoms with Crippen LogP contribution >= 0.6 is 0 Å². The summed E-state index contributed by atoms with van der Waals surface area (Å²) < 4.78 is 6.03. The van der Waals surface area contributed by atoms with E-state index in [9.17, 15) is 0 Å². The van der Waals surface area contributed by atoms with Crippen molar-refractivity contribution in [3.05, 3.63) is 42.2 Å². The van der Waals surface area contributed by atoms with Crippen LogP contribution in [-0.2, 0) is 6.42 Å². The van der Waals surface area contributed by atoms with Crippen LogP contribution in [0.3, 0.4) is 0 Å². The summed E-state index contributed by atoms with van der Waals surface area (Å²) in [6, 6.07) is 10.4. The SMILES string of the molecule is CCCCc1cc2ccccc2c(OCCN(C)CNc2cn[nH]n2)n1.